The van der Waals surface area contributed by atoms with E-state index in [-0.39, 0.29) is 37.1 Å². The molecule has 0 saturated carbocycles. The Labute approximate surface area is 230 Å². The van der Waals surface area contributed by atoms with Gasteiger partial charge in [0.1, 0.15) is 0 Å². The average Bonchev–Trinajstić information content (AvgIpc) is 2.78. The molecule has 0 spiro atoms. The van der Waals surface area contributed by atoms with Crippen LogP contribution in [0.25, 0.3) is 0 Å². The number of aryl methyl sites for hydroxylation is 8. The summed E-state index contributed by atoms with van der Waals surface area (Å²) < 4.78 is 0. The Hall–Kier alpha value is -3.40. The van der Waals surface area contributed by atoms with Gasteiger partial charge in [0.25, 0.3) is 0 Å². The third-order valence-corrected chi connectivity index (χ3v) is 4.24. The van der Waals surface area contributed by atoms with Gasteiger partial charge in [0, 0.05) is 47.6 Å². The van der Waals surface area contributed by atoms with Crippen LogP contribution < -0.4 is 0 Å². The molecule has 0 radical (unpaired) electrons. The van der Waals surface area contributed by atoms with Gasteiger partial charge in [-0.1, -0.05) is 61.4 Å². The average molecular weight is 509 g/mol. The second kappa shape index (κ2) is 24.3. The number of nitrogens with zero attached hydrogens (tertiary/aromatic N) is 4. The second-order valence-corrected chi connectivity index (χ2v) is 7.91. The Balaban J connectivity index is -0.000000118. The highest BCUT2D eigenvalue weighted by Gasteiger charge is 1.83. The predicted molar refractivity (Wildman–Crippen MR) is 168 cm³/mol. The minimum Gasteiger partial charge on any atom is -0.261 e. The molecular formula is C33H56N4. The first-order valence-corrected chi connectivity index (χ1v) is 10.7. The standard InChI is InChI=1S/4C7H9N.5CH4/c4*1-6-3-4-7(2)8-5-6;;;;;/h4*3-5H,1-2H3;5*1H4. The summed E-state index contributed by atoms with van der Waals surface area (Å²) in [5.41, 5.74) is 9.19. The van der Waals surface area contributed by atoms with Crippen LogP contribution in [0.1, 0.15) is 82.2 Å². The molecule has 4 aromatic heterocycles. The van der Waals surface area contributed by atoms with Crippen molar-refractivity contribution in [3.8, 4) is 0 Å². The van der Waals surface area contributed by atoms with Gasteiger partial charge < -0.3 is 0 Å². The van der Waals surface area contributed by atoms with E-state index in [1.807, 2.05) is 104 Å². The maximum absolute atomic E-state index is 4.08. The molecule has 4 heterocycles. The van der Waals surface area contributed by atoms with Crippen molar-refractivity contribution in [2.75, 3.05) is 0 Å². The highest BCUT2D eigenvalue weighted by Crippen LogP contribution is 1.96. The molecule has 0 N–H and O–H groups in total. The third kappa shape index (κ3) is 22.8. The number of hydrogen-bond donors (Lipinski definition) is 0. The van der Waals surface area contributed by atoms with E-state index in [1.165, 1.54) is 22.3 Å². The second-order valence-electron chi connectivity index (χ2n) is 7.91. The summed E-state index contributed by atoms with van der Waals surface area (Å²) in [6, 6.07) is 16.3. The van der Waals surface area contributed by atoms with E-state index >= 15 is 0 Å². The fraction of sp³-hybridized carbons (Fsp3) is 0.394. The lowest BCUT2D eigenvalue weighted by Crippen LogP contribution is -1.78. The molecule has 0 fully saturated rings. The maximum Gasteiger partial charge on any atom is 0.0372 e. The van der Waals surface area contributed by atoms with Gasteiger partial charge in [-0.15, -0.1) is 0 Å². The van der Waals surface area contributed by atoms with E-state index in [2.05, 4.69) is 44.2 Å². The number of pyridine rings is 4. The maximum atomic E-state index is 4.08. The molecule has 37 heavy (non-hydrogen) atoms. The van der Waals surface area contributed by atoms with Crippen molar-refractivity contribution < 1.29 is 0 Å². The molecule has 0 amide bonds. The third-order valence-electron chi connectivity index (χ3n) is 4.24. The van der Waals surface area contributed by atoms with E-state index in [0.29, 0.717) is 0 Å². The lowest BCUT2D eigenvalue weighted by atomic mass is 10.3. The molecule has 0 bridgehead atoms. The summed E-state index contributed by atoms with van der Waals surface area (Å²) in [6.07, 6.45) is 7.48. The SMILES string of the molecule is C.C.C.C.C.Cc1ccc(C)nc1.Cc1ccc(C)nc1.Cc1ccc(C)nc1.Cc1ccc(C)nc1. The Bertz CT molecular complexity index is 748. The number of hydrogen-bond acceptors (Lipinski definition) is 4. The zero-order valence-corrected chi connectivity index (χ0v) is 20.7. The summed E-state index contributed by atoms with van der Waals surface area (Å²) in [6.45, 7) is 16.1. The molecule has 0 saturated heterocycles. The van der Waals surface area contributed by atoms with Gasteiger partial charge in [-0.05, 0) is 102 Å². The van der Waals surface area contributed by atoms with Crippen LogP contribution in [0.15, 0.2) is 73.3 Å². The normalized spacial score (nSPS) is 8.00. The van der Waals surface area contributed by atoms with E-state index in [1.54, 1.807) is 0 Å². The Morgan fingerprint density at radius 3 is 0.541 bits per heavy atom. The molecule has 0 aromatic carbocycles. The van der Waals surface area contributed by atoms with Gasteiger partial charge in [0.15, 0.2) is 0 Å². The van der Waals surface area contributed by atoms with Crippen LogP contribution in [0.5, 0.6) is 0 Å². The van der Waals surface area contributed by atoms with Crippen LogP contribution in [0.2, 0.25) is 0 Å². The van der Waals surface area contributed by atoms with Crippen LogP contribution in [-0.4, -0.2) is 19.9 Å². The van der Waals surface area contributed by atoms with Crippen molar-refractivity contribution in [2.45, 2.75) is 92.5 Å². The van der Waals surface area contributed by atoms with Crippen molar-refractivity contribution in [3.05, 3.63) is 118 Å². The molecule has 4 nitrogen and oxygen atoms in total. The summed E-state index contributed by atoms with van der Waals surface area (Å²) >= 11 is 0. The molecule has 208 valence electrons. The fourth-order valence-corrected chi connectivity index (χ4v) is 2.17. The van der Waals surface area contributed by atoms with Crippen LogP contribution >= 0.6 is 0 Å². The molecule has 0 unspecified atom stereocenters. The van der Waals surface area contributed by atoms with Crippen molar-refractivity contribution in [2.24, 2.45) is 0 Å². The molecular weight excluding hydrogens is 452 g/mol. The smallest absolute Gasteiger partial charge is 0.0372 e. The van der Waals surface area contributed by atoms with E-state index in [0.717, 1.165) is 22.8 Å². The van der Waals surface area contributed by atoms with Crippen LogP contribution in [0, 0.1) is 55.4 Å². The molecule has 0 aliphatic rings. The number of aromatic nitrogens is 4. The van der Waals surface area contributed by atoms with Crippen LogP contribution in [0.3, 0.4) is 0 Å². The monoisotopic (exact) mass is 508 g/mol. The lowest BCUT2D eigenvalue weighted by molar-refractivity contribution is 1.17. The summed E-state index contributed by atoms with van der Waals surface area (Å²) in [5, 5.41) is 0. The zero-order chi connectivity index (χ0) is 23.9. The number of rotatable bonds is 0. The fourth-order valence-electron chi connectivity index (χ4n) is 2.17. The van der Waals surface area contributed by atoms with Gasteiger partial charge in [-0.25, -0.2) is 0 Å². The molecule has 0 aliphatic carbocycles. The predicted octanol–water partition coefficient (Wildman–Crippen LogP) is 9.97. The Morgan fingerprint density at radius 1 is 0.297 bits per heavy atom. The first-order chi connectivity index (χ1) is 15.2. The first kappa shape index (κ1) is 43.7. The summed E-state index contributed by atoms with van der Waals surface area (Å²) in [4.78, 5) is 16.3. The summed E-state index contributed by atoms with van der Waals surface area (Å²) in [5.74, 6) is 0. The van der Waals surface area contributed by atoms with Gasteiger partial charge in [-0.3, -0.25) is 19.9 Å². The van der Waals surface area contributed by atoms with Gasteiger partial charge in [0.05, 0.1) is 0 Å². The highest BCUT2D eigenvalue weighted by atomic mass is 14.7. The zero-order valence-electron chi connectivity index (χ0n) is 20.7. The molecule has 4 heteroatoms. The lowest BCUT2D eigenvalue weighted by Gasteiger charge is -1.89. The minimum absolute atomic E-state index is 0. The van der Waals surface area contributed by atoms with Crippen molar-refractivity contribution in [3.63, 3.8) is 0 Å². The Kier molecular flexibility index (Phi) is 28.7. The van der Waals surface area contributed by atoms with E-state index < -0.39 is 0 Å². The molecule has 4 rings (SSSR count). The van der Waals surface area contributed by atoms with Crippen LogP contribution in [0.4, 0.5) is 0 Å². The van der Waals surface area contributed by atoms with E-state index in [9.17, 15) is 0 Å². The van der Waals surface area contributed by atoms with Gasteiger partial charge in [0.2, 0.25) is 0 Å². The molecule has 0 aliphatic heterocycles. The van der Waals surface area contributed by atoms with Gasteiger partial charge in [-0.2, -0.15) is 0 Å². The van der Waals surface area contributed by atoms with Crippen LogP contribution in [-0.2, 0) is 0 Å². The largest absolute Gasteiger partial charge is 0.261 e. The molecule has 0 atom stereocenters. The van der Waals surface area contributed by atoms with Crippen molar-refractivity contribution in [1.29, 1.82) is 0 Å². The minimum atomic E-state index is 0. The van der Waals surface area contributed by atoms with Crippen molar-refractivity contribution >= 4 is 0 Å². The Morgan fingerprint density at radius 2 is 0.459 bits per heavy atom. The topological polar surface area (TPSA) is 51.6 Å². The quantitative estimate of drug-likeness (QED) is 0.237. The van der Waals surface area contributed by atoms with E-state index in [4.69, 9.17) is 0 Å². The van der Waals surface area contributed by atoms with Gasteiger partial charge >= 0.3 is 0 Å². The van der Waals surface area contributed by atoms with Crippen molar-refractivity contribution in [1.82, 2.24) is 19.9 Å². The first-order valence-electron chi connectivity index (χ1n) is 10.7. The highest BCUT2D eigenvalue weighted by molar-refractivity contribution is 5.12. The summed E-state index contributed by atoms with van der Waals surface area (Å²) in [7, 11) is 0. The molecule has 4 aromatic rings.